The van der Waals surface area contributed by atoms with Gasteiger partial charge in [0.2, 0.25) is 10.0 Å². The van der Waals surface area contributed by atoms with E-state index >= 15 is 0 Å². The number of sulfonamides is 1. The van der Waals surface area contributed by atoms with Crippen molar-refractivity contribution in [2.24, 2.45) is 0 Å². The average molecular weight is 490 g/mol. The standard InChI is InChI=1S/C25H32FN3O4S/c1-33-24-9-8-19(16-23(24)26)18-28-14-10-21(11-15-28)27-25(30)20-6-5-7-22(17-20)34(31,32)29-12-3-2-4-13-29/h5-9,16-17,21H,2-4,10-15,18H2,1H3,(H,27,30). The van der Waals surface area contributed by atoms with Crippen LogP contribution in [0.2, 0.25) is 0 Å². The fourth-order valence-corrected chi connectivity index (χ4v) is 6.19. The minimum Gasteiger partial charge on any atom is -0.494 e. The number of carbonyl (C=O) groups is 1. The molecule has 2 aromatic carbocycles. The van der Waals surface area contributed by atoms with E-state index in [4.69, 9.17) is 4.74 Å². The molecule has 9 heteroatoms. The maximum Gasteiger partial charge on any atom is 0.251 e. The van der Waals surface area contributed by atoms with Crippen molar-refractivity contribution < 1.29 is 22.3 Å². The maximum absolute atomic E-state index is 13.9. The Hall–Kier alpha value is -2.49. The van der Waals surface area contributed by atoms with E-state index in [2.05, 4.69) is 10.2 Å². The first-order chi connectivity index (χ1) is 16.4. The third-order valence-electron chi connectivity index (χ3n) is 6.59. The average Bonchev–Trinajstić information content (AvgIpc) is 2.86. The highest BCUT2D eigenvalue weighted by Crippen LogP contribution is 2.23. The second-order valence-electron chi connectivity index (χ2n) is 8.99. The van der Waals surface area contributed by atoms with Crippen molar-refractivity contribution in [3.05, 3.63) is 59.4 Å². The van der Waals surface area contributed by atoms with Gasteiger partial charge in [0.05, 0.1) is 12.0 Å². The third-order valence-corrected chi connectivity index (χ3v) is 8.49. The second kappa shape index (κ2) is 10.8. The number of hydrogen-bond donors (Lipinski definition) is 1. The summed E-state index contributed by atoms with van der Waals surface area (Å²) in [6, 6.07) is 11.3. The van der Waals surface area contributed by atoms with Crippen LogP contribution in [0.4, 0.5) is 4.39 Å². The molecule has 0 spiro atoms. The van der Waals surface area contributed by atoms with Gasteiger partial charge in [-0.1, -0.05) is 18.6 Å². The summed E-state index contributed by atoms with van der Waals surface area (Å²) in [4.78, 5) is 15.3. The van der Waals surface area contributed by atoms with Crippen LogP contribution in [0.1, 0.15) is 48.0 Å². The number of rotatable bonds is 7. The summed E-state index contributed by atoms with van der Waals surface area (Å²) >= 11 is 0. The Kier molecular flexibility index (Phi) is 7.85. The van der Waals surface area contributed by atoms with E-state index in [1.165, 1.54) is 23.5 Å². The molecule has 1 amide bonds. The smallest absolute Gasteiger partial charge is 0.251 e. The SMILES string of the molecule is COc1ccc(CN2CCC(NC(=O)c3cccc(S(=O)(=O)N4CCCCC4)c3)CC2)cc1F. The van der Waals surface area contributed by atoms with Gasteiger partial charge in [0.1, 0.15) is 0 Å². The van der Waals surface area contributed by atoms with Crippen molar-refractivity contribution in [1.82, 2.24) is 14.5 Å². The summed E-state index contributed by atoms with van der Waals surface area (Å²) in [6.45, 7) is 3.25. The summed E-state index contributed by atoms with van der Waals surface area (Å²) in [5, 5.41) is 3.05. The van der Waals surface area contributed by atoms with E-state index in [0.29, 0.717) is 25.2 Å². The van der Waals surface area contributed by atoms with Gasteiger partial charge in [-0.25, -0.2) is 12.8 Å². The Morgan fingerprint density at radius 2 is 1.79 bits per heavy atom. The molecule has 2 heterocycles. The number of amides is 1. The highest BCUT2D eigenvalue weighted by molar-refractivity contribution is 7.89. The molecule has 0 bridgehead atoms. The van der Waals surface area contributed by atoms with Crippen LogP contribution in [-0.4, -0.2) is 62.9 Å². The van der Waals surface area contributed by atoms with Crippen LogP contribution in [0.15, 0.2) is 47.4 Å². The number of benzene rings is 2. The monoisotopic (exact) mass is 489 g/mol. The van der Waals surface area contributed by atoms with Crippen molar-refractivity contribution in [2.75, 3.05) is 33.3 Å². The number of halogens is 1. The Morgan fingerprint density at radius 1 is 1.06 bits per heavy atom. The maximum atomic E-state index is 13.9. The zero-order valence-electron chi connectivity index (χ0n) is 19.5. The number of likely N-dealkylation sites (tertiary alicyclic amines) is 1. The zero-order chi connectivity index (χ0) is 24.1. The normalized spacial score (nSPS) is 18.5. The molecule has 2 fully saturated rings. The molecule has 2 aliphatic rings. The van der Waals surface area contributed by atoms with Crippen LogP contribution >= 0.6 is 0 Å². The molecule has 0 saturated carbocycles. The molecule has 1 N–H and O–H groups in total. The number of hydrogen-bond acceptors (Lipinski definition) is 5. The first kappa shape index (κ1) is 24.6. The van der Waals surface area contributed by atoms with Gasteiger partial charge in [-0.2, -0.15) is 4.31 Å². The molecule has 0 aromatic heterocycles. The lowest BCUT2D eigenvalue weighted by molar-refractivity contribution is 0.0908. The van der Waals surface area contributed by atoms with Gasteiger partial charge in [0.15, 0.2) is 11.6 Å². The minimum absolute atomic E-state index is 0.0127. The number of ether oxygens (including phenoxy) is 1. The van der Waals surface area contributed by atoms with Crippen LogP contribution in [-0.2, 0) is 16.6 Å². The largest absolute Gasteiger partial charge is 0.494 e. The van der Waals surface area contributed by atoms with Gasteiger partial charge < -0.3 is 10.1 Å². The van der Waals surface area contributed by atoms with Crippen LogP contribution in [0, 0.1) is 5.82 Å². The van der Waals surface area contributed by atoms with Gasteiger partial charge in [-0.15, -0.1) is 0 Å². The fourth-order valence-electron chi connectivity index (χ4n) is 4.62. The molecule has 7 nitrogen and oxygen atoms in total. The molecule has 0 unspecified atom stereocenters. The minimum atomic E-state index is -3.58. The number of methoxy groups -OCH3 is 1. The highest BCUT2D eigenvalue weighted by Gasteiger charge is 2.27. The van der Waals surface area contributed by atoms with Gasteiger partial charge in [-0.05, 0) is 61.6 Å². The summed E-state index contributed by atoms with van der Waals surface area (Å²) in [6.07, 6.45) is 4.33. The molecule has 184 valence electrons. The number of carbonyl (C=O) groups excluding carboxylic acids is 1. The lowest BCUT2D eigenvalue weighted by atomic mass is 10.0. The van der Waals surface area contributed by atoms with Gasteiger partial charge in [0.25, 0.3) is 5.91 Å². The van der Waals surface area contributed by atoms with Gasteiger partial charge >= 0.3 is 0 Å². The van der Waals surface area contributed by atoms with Gasteiger partial charge in [-0.3, -0.25) is 9.69 Å². The molecular weight excluding hydrogens is 457 g/mol. The van der Waals surface area contributed by atoms with E-state index in [-0.39, 0.29) is 28.4 Å². The Bertz CT molecular complexity index is 1110. The zero-order valence-corrected chi connectivity index (χ0v) is 20.3. The first-order valence-electron chi connectivity index (χ1n) is 11.8. The number of nitrogens with zero attached hydrogens (tertiary/aromatic N) is 2. The van der Waals surface area contributed by atoms with E-state index < -0.39 is 10.0 Å². The predicted molar refractivity (Wildman–Crippen MR) is 128 cm³/mol. The molecule has 4 rings (SSSR count). The van der Waals surface area contributed by atoms with Crippen LogP contribution in [0.5, 0.6) is 5.75 Å². The molecule has 34 heavy (non-hydrogen) atoms. The van der Waals surface area contributed by atoms with Crippen molar-refractivity contribution in [3.8, 4) is 5.75 Å². The van der Waals surface area contributed by atoms with Crippen LogP contribution < -0.4 is 10.1 Å². The van der Waals surface area contributed by atoms with E-state index in [1.807, 2.05) is 6.07 Å². The fraction of sp³-hybridized carbons (Fsp3) is 0.480. The number of nitrogens with one attached hydrogen (secondary N) is 1. The first-order valence-corrected chi connectivity index (χ1v) is 13.3. The molecule has 0 aliphatic carbocycles. The Balaban J connectivity index is 1.32. The lowest BCUT2D eigenvalue weighted by Crippen LogP contribution is -2.44. The van der Waals surface area contributed by atoms with E-state index in [0.717, 1.165) is 50.8 Å². The van der Waals surface area contributed by atoms with Crippen molar-refractivity contribution >= 4 is 15.9 Å². The molecule has 2 saturated heterocycles. The van der Waals surface area contributed by atoms with Crippen molar-refractivity contribution in [1.29, 1.82) is 0 Å². The second-order valence-corrected chi connectivity index (χ2v) is 10.9. The molecule has 0 atom stereocenters. The summed E-state index contributed by atoms with van der Waals surface area (Å²) in [5.74, 6) is -0.393. The topological polar surface area (TPSA) is 79.0 Å². The summed E-state index contributed by atoms with van der Waals surface area (Å²) < 4.78 is 46.3. The molecule has 2 aliphatic heterocycles. The predicted octanol–water partition coefficient (Wildman–Crippen LogP) is 3.40. The van der Waals surface area contributed by atoms with Crippen LogP contribution in [0.3, 0.4) is 0 Å². The molecule has 2 aromatic rings. The quantitative estimate of drug-likeness (QED) is 0.645. The summed E-state index contributed by atoms with van der Waals surface area (Å²) in [5.41, 5.74) is 1.24. The highest BCUT2D eigenvalue weighted by atomic mass is 32.2. The van der Waals surface area contributed by atoms with Crippen molar-refractivity contribution in [3.63, 3.8) is 0 Å². The van der Waals surface area contributed by atoms with Gasteiger partial charge in [0, 0.05) is 44.3 Å². The Morgan fingerprint density at radius 3 is 2.47 bits per heavy atom. The summed E-state index contributed by atoms with van der Waals surface area (Å²) in [7, 11) is -2.14. The van der Waals surface area contributed by atoms with E-state index in [1.54, 1.807) is 24.3 Å². The third kappa shape index (κ3) is 5.76. The van der Waals surface area contributed by atoms with Crippen molar-refractivity contribution in [2.45, 2.75) is 49.6 Å². The number of piperidine rings is 2. The lowest BCUT2D eigenvalue weighted by Gasteiger charge is -2.32. The van der Waals surface area contributed by atoms with E-state index in [9.17, 15) is 17.6 Å². The van der Waals surface area contributed by atoms with Crippen LogP contribution in [0.25, 0.3) is 0 Å². The molecule has 0 radical (unpaired) electrons. The Labute approximate surface area is 200 Å². The molecular formula is C25H32FN3O4S.